The van der Waals surface area contributed by atoms with Gasteiger partial charge in [-0.1, -0.05) is 0 Å². The van der Waals surface area contributed by atoms with Gasteiger partial charge in [-0.25, -0.2) is 9.97 Å². The van der Waals surface area contributed by atoms with Crippen LogP contribution in [-0.2, 0) is 0 Å². The molecule has 70 valence electrons. The molecule has 0 bridgehead atoms. The standard InChI is InChI=1S/C9H14N4/c1-10-9-12-6-4-8(13-9)7-3-2-5-11-7/h4,6-7,11H,2-3,5H2,1H3,(H,10,12,13)/t7-/m1/s1. The number of aromatic nitrogens is 2. The van der Waals surface area contributed by atoms with Crippen molar-refractivity contribution in [1.29, 1.82) is 0 Å². The van der Waals surface area contributed by atoms with Crippen LogP contribution < -0.4 is 10.6 Å². The summed E-state index contributed by atoms with van der Waals surface area (Å²) in [5.74, 6) is 0.700. The summed E-state index contributed by atoms with van der Waals surface area (Å²) in [7, 11) is 1.83. The third-order valence-corrected chi connectivity index (χ3v) is 2.32. The van der Waals surface area contributed by atoms with E-state index >= 15 is 0 Å². The molecule has 1 aliphatic heterocycles. The van der Waals surface area contributed by atoms with Gasteiger partial charge in [0.15, 0.2) is 0 Å². The van der Waals surface area contributed by atoms with Crippen molar-refractivity contribution in [2.45, 2.75) is 18.9 Å². The van der Waals surface area contributed by atoms with Crippen molar-refractivity contribution in [3.63, 3.8) is 0 Å². The Morgan fingerprint density at radius 3 is 3.23 bits per heavy atom. The van der Waals surface area contributed by atoms with Gasteiger partial charge >= 0.3 is 0 Å². The van der Waals surface area contributed by atoms with Gasteiger partial charge in [0.25, 0.3) is 0 Å². The number of hydrogen-bond donors (Lipinski definition) is 2. The van der Waals surface area contributed by atoms with E-state index in [2.05, 4.69) is 20.6 Å². The van der Waals surface area contributed by atoms with Crippen molar-refractivity contribution in [3.05, 3.63) is 18.0 Å². The number of rotatable bonds is 2. The van der Waals surface area contributed by atoms with Gasteiger partial charge in [-0.15, -0.1) is 0 Å². The molecular weight excluding hydrogens is 164 g/mol. The summed E-state index contributed by atoms with van der Waals surface area (Å²) >= 11 is 0. The zero-order chi connectivity index (χ0) is 9.10. The Morgan fingerprint density at radius 2 is 2.54 bits per heavy atom. The summed E-state index contributed by atoms with van der Waals surface area (Å²) in [4.78, 5) is 8.47. The zero-order valence-electron chi connectivity index (χ0n) is 7.75. The first-order valence-electron chi connectivity index (χ1n) is 4.64. The molecule has 4 nitrogen and oxygen atoms in total. The maximum Gasteiger partial charge on any atom is 0.222 e. The summed E-state index contributed by atoms with van der Waals surface area (Å²) in [5, 5.41) is 6.35. The minimum Gasteiger partial charge on any atom is -0.357 e. The molecule has 0 radical (unpaired) electrons. The quantitative estimate of drug-likeness (QED) is 0.707. The smallest absolute Gasteiger partial charge is 0.222 e. The van der Waals surface area contributed by atoms with Crippen LogP contribution in [0.15, 0.2) is 12.3 Å². The minimum absolute atomic E-state index is 0.426. The largest absolute Gasteiger partial charge is 0.357 e. The van der Waals surface area contributed by atoms with Crippen LogP contribution in [0.3, 0.4) is 0 Å². The fraction of sp³-hybridized carbons (Fsp3) is 0.556. The van der Waals surface area contributed by atoms with Crippen molar-refractivity contribution >= 4 is 5.95 Å². The highest BCUT2D eigenvalue weighted by Gasteiger charge is 2.17. The number of hydrogen-bond acceptors (Lipinski definition) is 4. The molecule has 4 heteroatoms. The normalized spacial score (nSPS) is 21.8. The number of anilines is 1. The van der Waals surface area contributed by atoms with E-state index in [1.807, 2.05) is 13.1 Å². The molecule has 2 heterocycles. The molecule has 1 aromatic rings. The zero-order valence-corrected chi connectivity index (χ0v) is 7.75. The van der Waals surface area contributed by atoms with Crippen molar-refractivity contribution in [2.24, 2.45) is 0 Å². The molecule has 0 amide bonds. The molecule has 0 saturated carbocycles. The topological polar surface area (TPSA) is 49.8 Å². The first kappa shape index (κ1) is 8.44. The highest BCUT2D eigenvalue weighted by Crippen LogP contribution is 2.21. The van der Waals surface area contributed by atoms with Gasteiger partial charge in [-0.2, -0.15) is 0 Å². The molecule has 13 heavy (non-hydrogen) atoms. The van der Waals surface area contributed by atoms with Crippen LogP contribution in [-0.4, -0.2) is 23.6 Å². The lowest BCUT2D eigenvalue weighted by atomic mass is 10.1. The van der Waals surface area contributed by atoms with E-state index in [-0.39, 0.29) is 0 Å². The average Bonchev–Trinajstić information content (AvgIpc) is 2.71. The van der Waals surface area contributed by atoms with E-state index in [9.17, 15) is 0 Å². The third-order valence-electron chi connectivity index (χ3n) is 2.32. The molecule has 0 aromatic carbocycles. The molecular formula is C9H14N4. The van der Waals surface area contributed by atoms with Gasteiger partial charge in [0.2, 0.25) is 5.95 Å². The van der Waals surface area contributed by atoms with Crippen LogP contribution in [0.5, 0.6) is 0 Å². The highest BCUT2D eigenvalue weighted by atomic mass is 15.1. The lowest BCUT2D eigenvalue weighted by molar-refractivity contribution is 0.626. The second-order valence-corrected chi connectivity index (χ2v) is 3.20. The van der Waals surface area contributed by atoms with Crippen LogP contribution in [0.4, 0.5) is 5.95 Å². The summed E-state index contributed by atoms with van der Waals surface area (Å²) in [6.45, 7) is 1.10. The monoisotopic (exact) mass is 178 g/mol. The van der Waals surface area contributed by atoms with Gasteiger partial charge in [-0.3, -0.25) is 0 Å². The Bertz CT molecular complexity index is 281. The van der Waals surface area contributed by atoms with Crippen molar-refractivity contribution in [1.82, 2.24) is 15.3 Å². The predicted molar refractivity (Wildman–Crippen MR) is 51.6 cm³/mol. The van der Waals surface area contributed by atoms with Crippen molar-refractivity contribution in [3.8, 4) is 0 Å². The van der Waals surface area contributed by atoms with Gasteiger partial charge in [0.05, 0.1) is 5.69 Å². The van der Waals surface area contributed by atoms with Crippen LogP contribution in [0, 0.1) is 0 Å². The Kier molecular flexibility index (Phi) is 2.40. The first-order chi connectivity index (χ1) is 6.40. The van der Waals surface area contributed by atoms with Gasteiger partial charge in [0, 0.05) is 19.3 Å². The molecule has 2 rings (SSSR count). The van der Waals surface area contributed by atoms with E-state index in [1.165, 1.54) is 12.8 Å². The number of nitrogens with one attached hydrogen (secondary N) is 2. The van der Waals surface area contributed by atoms with Crippen LogP contribution >= 0.6 is 0 Å². The van der Waals surface area contributed by atoms with Crippen LogP contribution in [0.2, 0.25) is 0 Å². The summed E-state index contributed by atoms with van der Waals surface area (Å²) < 4.78 is 0. The molecule has 0 spiro atoms. The Balaban J connectivity index is 2.18. The SMILES string of the molecule is CNc1nccc([C@H]2CCCN2)n1. The lowest BCUT2D eigenvalue weighted by Gasteiger charge is -2.09. The fourth-order valence-corrected chi connectivity index (χ4v) is 1.62. The maximum atomic E-state index is 4.39. The Labute approximate surface area is 77.8 Å². The van der Waals surface area contributed by atoms with Gasteiger partial charge < -0.3 is 10.6 Å². The van der Waals surface area contributed by atoms with Gasteiger partial charge in [0.1, 0.15) is 0 Å². The van der Waals surface area contributed by atoms with Crippen LogP contribution in [0.25, 0.3) is 0 Å². The highest BCUT2D eigenvalue weighted by molar-refractivity contribution is 5.25. The maximum absolute atomic E-state index is 4.39. The van der Waals surface area contributed by atoms with E-state index in [0.717, 1.165) is 12.2 Å². The summed E-state index contributed by atoms with van der Waals surface area (Å²) in [6.07, 6.45) is 4.22. The molecule has 1 atom stereocenters. The first-order valence-corrected chi connectivity index (χ1v) is 4.64. The Hall–Kier alpha value is -1.16. The second-order valence-electron chi connectivity index (χ2n) is 3.20. The van der Waals surface area contributed by atoms with Crippen molar-refractivity contribution in [2.75, 3.05) is 18.9 Å². The van der Waals surface area contributed by atoms with Crippen LogP contribution in [0.1, 0.15) is 24.6 Å². The predicted octanol–water partition coefficient (Wildman–Crippen LogP) is 0.943. The van der Waals surface area contributed by atoms with Crippen molar-refractivity contribution < 1.29 is 0 Å². The second kappa shape index (κ2) is 3.70. The van der Waals surface area contributed by atoms with Gasteiger partial charge in [-0.05, 0) is 25.5 Å². The molecule has 2 N–H and O–H groups in total. The van der Waals surface area contributed by atoms with E-state index in [1.54, 1.807) is 6.20 Å². The number of nitrogens with zero attached hydrogens (tertiary/aromatic N) is 2. The minimum atomic E-state index is 0.426. The molecule has 0 aliphatic carbocycles. The molecule has 1 saturated heterocycles. The van der Waals surface area contributed by atoms with E-state index in [0.29, 0.717) is 12.0 Å². The average molecular weight is 178 g/mol. The van der Waals surface area contributed by atoms with E-state index < -0.39 is 0 Å². The fourth-order valence-electron chi connectivity index (χ4n) is 1.62. The summed E-state index contributed by atoms with van der Waals surface area (Å²) in [5.41, 5.74) is 1.09. The third kappa shape index (κ3) is 1.78. The molecule has 1 fully saturated rings. The lowest BCUT2D eigenvalue weighted by Crippen LogP contribution is -2.15. The molecule has 0 unspecified atom stereocenters. The van der Waals surface area contributed by atoms with E-state index in [4.69, 9.17) is 0 Å². The Morgan fingerprint density at radius 1 is 1.62 bits per heavy atom. The summed E-state index contributed by atoms with van der Waals surface area (Å²) in [6, 6.07) is 2.40. The molecule has 1 aromatic heterocycles. The molecule has 1 aliphatic rings.